The highest BCUT2D eigenvalue weighted by Crippen LogP contribution is 2.28. The van der Waals surface area contributed by atoms with Gasteiger partial charge in [-0.3, -0.25) is 4.90 Å². The van der Waals surface area contributed by atoms with Crippen LogP contribution in [0.25, 0.3) is 0 Å². The van der Waals surface area contributed by atoms with Gasteiger partial charge in [-0.15, -0.1) is 0 Å². The highest BCUT2D eigenvalue weighted by atomic mass is 35.5. The Morgan fingerprint density at radius 2 is 1.95 bits per heavy atom. The predicted octanol–water partition coefficient (Wildman–Crippen LogP) is 3.66. The maximum atomic E-state index is 13.9. The minimum absolute atomic E-state index is 0.321. The van der Waals surface area contributed by atoms with Gasteiger partial charge in [0.2, 0.25) is 0 Å². The van der Waals surface area contributed by atoms with Crippen LogP contribution in [0.4, 0.5) is 4.39 Å². The monoisotopic (exact) mass is 319 g/mol. The summed E-state index contributed by atoms with van der Waals surface area (Å²) in [4.78, 5) is 2.21. The number of halogens is 2. The lowest BCUT2D eigenvalue weighted by atomic mass is 9.93. The number of nitrogens with zero attached hydrogens (tertiary/aromatic N) is 1. The average Bonchev–Trinajstić information content (AvgIpc) is 2.84. The Kier molecular flexibility index (Phi) is 4.48. The Bertz CT molecular complexity index is 649. The SMILES string of the molecule is OC1(Cc2ccc(Cl)cc2F)CCN(Cc2ccccc2)C1. The standard InChI is InChI=1S/C18H19ClFNO/c19-16-7-6-15(17(20)10-16)11-18(22)8-9-21(13-18)12-14-4-2-1-3-5-14/h1-7,10,22H,8-9,11-13H2. The third-order valence-electron chi connectivity index (χ3n) is 4.19. The molecule has 2 aromatic carbocycles. The fraction of sp³-hybridized carbons (Fsp3) is 0.333. The van der Waals surface area contributed by atoms with Gasteiger partial charge in [0.25, 0.3) is 0 Å². The Balaban J connectivity index is 1.65. The van der Waals surface area contributed by atoms with E-state index in [1.165, 1.54) is 11.6 Å². The summed E-state index contributed by atoms with van der Waals surface area (Å²) in [5, 5.41) is 11.1. The van der Waals surface area contributed by atoms with Crippen LogP contribution in [-0.2, 0) is 13.0 Å². The Labute approximate surface area is 135 Å². The Morgan fingerprint density at radius 3 is 2.68 bits per heavy atom. The minimum Gasteiger partial charge on any atom is -0.388 e. The summed E-state index contributed by atoms with van der Waals surface area (Å²) in [7, 11) is 0. The first kappa shape index (κ1) is 15.5. The average molecular weight is 320 g/mol. The molecule has 3 rings (SSSR count). The van der Waals surface area contributed by atoms with E-state index in [1.54, 1.807) is 12.1 Å². The first-order valence-electron chi connectivity index (χ1n) is 7.47. The van der Waals surface area contributed by atoms with Crippen LogP contribution in [0, 0.1) is 5.82 Å². The van der Waals surface area contributed by atoms with Gasteiger partial charge in [0, 0.05) is 31.1 Å². The van der Waals surface area contributed by atoms with Crippen LogP contribution < -0.4 is 0 Å². The number of rotatable bonds is 4. The molecule has 0 saturated carbocycles. The Morgan fingerprint density at radius 1 is 1.18 bits per heavy atom. The molecule has 1 saturated heterocycles. The summed E-state index contributed by atoms with van der Waals surface area (Å²) in [5.41, 5.74) is 0.876. The zero-order valence-corrected chi connectivity index (χ0v) is 13.1. The molecular weight excluding hydrogens is 301 g/mol. The summed E-state index contributed by atoms with van der Waals surface area (Å²) >= 11 is 5.77. The van der Waals surface area contributed by atoms with Gasteiger partial charge in [0.05, 0.1) is 5.60 Å². The molecule has 4 heteroatoms. The van der Waals surface area contributed by atoms with Crippen molar-refractivity contribution in [3.05, 3.63) is 70.5 Å². The zero-order chi connectivity index (χ0) is 15.6. The summed E-state index contributed by atoms with van der Waals surface area (Å²) in [6, 6.07) is 14.8. The molecule has 1 N–H and O–H groups in total. The summed E-state index contributed by atoms with van der Waals surface area (Å²) < 4.78 is 13.9. The van der Waals surface area contributed by atoms with E-state index in [1.807, 2.05) is 18.2 Å². The lowest BCUT2D eigenvalue weighted by Crippen LogP contribution is -2.35. The smallest absolute Gasteiger partial charge is 0.127 e. The van der Waals surface area contributed by atoms with Crippen molar-refractivity contribution in [2.75, 3.05) is 13.1 Å². The second-order valence-electron chi connectivity index (χ2n) is 6.08. The summed E-state index contributed by atoms with van der Waals surface area (Å²) in [6.07, 6.45) is 0.975. The number of hydrogen-bond acceptors (Lipinski definition) is 2. The molecule has 0 radical (unpaired) electrons. The second-order valence-corrected chi connectivity index (χ2v) is 6.52. The molecule has 22 heavy (non-hydrogen) atoms. The molecule has 0 aromatic heterocycles. The molecule has 2 nitrogen and oxygen atoms in total. The van der Waals surface area contributed by atoms with Gasteiger partial charge in [0.15, 0.2) is 0 Å². The largest absolute Gasteiger partial charge is 0.388 e. The quantitative estimate of drug-likeness (QED) is 0.929. The first-order chi connectivity index (χ1) is 10.5. The fourth-order valence-electron chi connectivity index (χ4n) is 3.08. The van der Waals surface area contributed by atoms with Gasteiger partial charge in [-0.2, -0.15) is 0 Å². The normalized spacial score (nSPS) is 22.1. The molecule has 116 valence electrons. The van der Waals surface area contributed by atoms with Crippen molar-refractivity contribution in [3.63, 3.8) is 0 Å². The molecule has 0 spiro atoms. The fourth-order valence-corrected chi connectivity index (χ4v) is 3.24. The van der Waals surface area contributed by atoms with Crippen molar-refractivity contribution in [3.8, 4) is 0 Å². The molecule has 1 atom stereocenters. The van der Waals surface area contributed by atoms with E-state index < -0.39 is 5.60 Å². The van der Waals surface area contributed by atoms with Crippen LogP contribution in [-0.4, -0.2) is 28.7 Å². The summed E-state index contributed by atoms with van der Waals surface area (Å²) in [5.74, 6) is -0.345. The number of likely N-dealkylation sites (tertiary alicyclic amines) is 1. The summed E-state index contributed by atoms with van der Waals surface area (Å²) in [6.45, 7) is 2.19. The third kappa shape index (κ3) is 3.67. The van der Waals surface area contributed by atoms with E-state index in [0.29, 0.717) is 30.0 Å². The van der Waals surface area contributed by atoms with Gasteiger partial charge in [0.1, 0.15) is 5.82 Å². The molecule has 1 heterocycles. The van der Waals surface area contributed by atoms with Crippen LogP contribution in [0.5, 0.6) is 0 Å². The predicted molar refractivity (Wildman–Crippen MR) is 86.4 cm³/mol. The van der Waals surface area contributed by atoms with Crippen molar-refractivity contribution < 1.29 is 9.50 Å². The van der Waals surface area contributed by atoms with E-state index in [2.05, 4.69) is 17.0 Å². The van der Waals surface area contributed by atoms with E-state index in [9.17, 15) is 9.50 Å². The van der Waals surface area contributed by atoms with Crippen LogP contribution in [0.3, 0.4) is 0 Å². The molecule has 1 aliphatic heterocycles. The van der Waals surface area contributed by atoms with E-state index in [0.717, 1.165) is 13.1 Å². The molecule has 0 bridgehead atoms. The molecule has 1 fully saturated rings. The number of benzene rings is 2. The van der Waals surface area contributed by atoms with Crippen molar-refractivity contribution in [1.29, 1.82) is 0 Å². The molecular formula is C18H19ClFNO. The van der Waals surface area contributed by atoms with Crippen molar-refractivity contribution in [2.45, 2.75) is 25.0 Å². The minimum atomic E-state index is -0.872. The van der Waals surface area contributed by atoms with Gasteiger partial charge >= 0.3 is 0 Å². The van der Waals surface area contributed by atoms with Gasteiger partial charge < -0.3 is 5.11 Å². The van der Waals surface area contributed by atoms with Crippen LogP contribution in [0.15, 0.2) is 48.5 Å². The van der Waals surface area contributed by atoms with Crippen LogP contribution in [0.2, 0.25) is 5.02 Å². The van der Waals surface area contributed by atoms with Crippen molar-refractivity contribution >= 4 is 11.6 Å². The van der Waals surface area contributed by atoms with E-state index >= 15 is 0 Å². The van der Waals surface area contributed by atoms with Crippen LogP contribution >= 0.6 is 11.6 Å². The first-order valence-corrected chi connectivity index (χ1v) is 7.84. The topological polar surface area (TPSA) is 23.5 Å². The third-order valence-corrected chi connectivity index (χ3v) is 4.43. The maximum absolute atomic E-state index is 13.9. The molecule has 0 amide bonds. The lowest BCUT2D eigenvalue weighted by molar-refractivity contribution is 0.0480. The highest BCUT2D eigenvalue weighted by molar-refractivity contribution is 6.30. The molecule has 0 aliphatic carbocycles. The van der Waals surface area contributed by atoms with Gasteiger partial charge in [-0.1, -0.05) is 48.0 Å². The molecule has 1 unspecified atom stereocenters. The second kappa shape index (κ2) is 6.37. The van der Waals surface area contributed by atoms with Crippen molar-refractivity contribution in [1.82, 2.24) is 4.90 Å². The maximum Gasteiger partial charge on any atom is 0.127 e. The van der Waals surface area contributed by atoms with Crippen LogP contribution in [0.1, 0.15) is 17.5 Å². The zero-order valence-electron chi connectivity index (χ0n) is 12.3. The lowest BCUT2D eigenvalue weighted by Gasteiger charge is -2.24. The molecule has 1 aliphatic rings. The number of hydrogen-bond donors (Lipinski definition) is 1. The van der Waals surface area contributed by atoms with Gasteiger partial charge in [-0.25, -0.2) is 4.39 Å². The Hall–Kier alpha value is -1.42. The van der Waals surface area contributed by atoms with Gasteiger partial charge in [-0.05, 0) is 29.7 Å². The van der Waals surface area contributed by atoms with E-state index in [4.69, 9.17) is 11.6 Å². The van der Waals surface area contributed by atoms with E-state index in [-0.39, 0.29) is 5.82 Å². The van der Waals surface area contributed by atoms with Crippen molar-refractivity contribution in [2.24, 2.45) is 0 Å². The highest BCUT2D eigenvalue weighted by Gasteiger charge is 2.36. The molecule has 2 aromatic rings. The number of aliphatic hydroxyl groups is 1. The number of β-amino-alcohol motifs (C(OH)–C–C–N with tert-alkyl or cyclic N) is 1.